The number of amides is 2. The minimum atomic E-state index is -1.13. The second-order valence-electron chi connectivity index (χ2n) is 5.91. The molecular formula is C19H22N2O5. The van der Waals surface area contributed by atoms with Crippen LogP contribution >= 0.6 is 0 Å². The fourth-order valence-corrected chi connectivity index (χ4v) is 2.52. The van der Waals surface area contributed by atoms with Gasteiger partial charge in [0.2, 0.25) is 5.91 Å². The van der Waals surface area contributed by atoms with Crippen molar-refractivity contribution in [2.45, 2.75) is 32.7 Å². The van der Waals surface area contributed by atoms with Gasteiger partial charge < -0.3 is 15.6 Å². The van der Waals surface area contributed by atoms with Crippen LogP contribution in [0.2, 0.25) is 0 Å². The van der Waals surface area contributed by atoms with Crippen molar-refractivity contribution in [1.29, 1.82) is 0 Å². The lowest BCUT2D eigenvalue weighted by molar-refractivity contribution is -0.139. The lowest BCUT2D eigenvalue weighted by Crippen LogP contribution is -2.46. The molecule has 0 aliphatic rings. The highest BCUT2D eigenvalue weighted by atomic mass is 16.5. The minimum absolute atomic E-state index is 0.0489. The van der Waals surface area contributed by atoms with Gasteiger partial charge in [0.25, 0.3) is 5.91 Å². The van der Waals surface area contributed by atoms with Crippen molar-refractivity contribution in [1.82, 2.24) is 5.06 Å². The van der Waals surface area contributed by atoms with Crippen molar-refractivity contribution in [3.05, 3.63) is 53.6 Å². The first-order chi connectivity index (χ1) is 12.3. The van der Waals surface area contributed by atoms with Crippen molar-refractivity contribution in [3.8, 4) is 17.2 Å². The monoisotopic (exact) mass is 358 g/mol. The van der Waals surface area contributed by atoms with Crippen LogP contribution in [0.25, 0.3) is 0 Å². The summed E-state index contributed by atoms with van der Waals surface area (Å²) in [4.78, 5) is 24.0. The van der Waals surface area contributed by atoms with E-state index < -0.39 is 17.9 Å². The Bertz CT molecular complexity index is 792. The Morgan fingerprint density at radius 1 is 1.23 bits per heavy atom. The van der Waals surface area contributed by atoms with E-state index in [1.807, 2.05) is 6.07 Å². The maximum atomic E-state index is 12.5. The molecule has 7 heteroatoms. The summed E-state index contributed by atoms with van der Waals surface area (Å²) in [6, 6.07) is 10.4. The lowest BCUT2D eigenvalue weighted by Gasteiger charge is -2.24. The highest BCUT2D eigenvalue weighted by Gasteiger charge is 2.28. The molecule has 2 amide bonds. The van der Waals surface area contributed by atoms with Crippen molar-refractivity contribution >= 4 is 11.8 Å². The van der Waals surface area contributed by atoms with E-state index in [0.29, 0.717) is 22.8 Å². The summed E-state index contributed by atoms with van der Waals surface area (Å²) in [5.74, 6) is -1.17. The molecule has 4 N–H and O–H groups in total. The maximum Gasteiger partial charge on any atom is 0.278 e. The molecular weight excluding hydrogens is 336 g/mol. The Morgan fingerprint density at radius 3 is 2.46 bits per heavy atom. The molecule has 0 bridgehead atoms. The quantitative estimate of drug-likeness (QED) is 0.520. The van der Waals surface area contributed by atoms with Crippen LogP contribution in [0.4, 0.5) is 0 Å². The predicted octanol–water partition coefficient (Wildman–Crippen LogP) is 2.98. The van der Waals surface area contributed by atoms with Crippen LogP contribution in [-0.4, -0.2) is 33.2 Å². The number of ether oxygens (including phenoxy) is 1. The zero-order chi connectivity index (χ0) is 19.3. The number of primary amides is 1. The number of hydrogen-bond donors (Lipinski definition) is 3. The second kappa shape index (κ2) is 8.35. The van der Waals surface area contributed by atoms with Gasteiger partial charge in [-0.15, -0.1) is 0 Å². The van der Waals surface area contributed by atoms with Gasteiger partial charge in [-0.1, -0.05) is 31.5 Å². The number of benzene rings is 2. The summed E-state index contributed by atoms with van der Waals surface area (Å²) in [6.07, 6.45) is 0.795. The van der Waals surface area contributed by atoms with Gasteiger partial charge in [-0.3, -0.25) is 14.8 Å². The Labute approximate surface area is 151 Å². The Balaban J connectivity index is 2.28. The largest absolute Gasteiger partial charge is 0.504 e. The Morgan fingerprint density at radius 2 is 1.88 bits per heavy atom. The molecule has 0 unspecified atom stereocenters. The molecule has 0 spiro atoms. The molecule has 0 saturated carbocycles. The average Bonchev–Trinajstić information content (AvgIpc) is 2.62. The minimum Gasteiger partial charge on any atom is -0.504 e. The van der Waals surface area contributed by atoms with Crippen LogP contribution in [0.3, 0.4) is 0 Å². The molecule has 0 aliphatic carbocycles. The van der Waals surface area contributed by atoms with Crippen LogP contribution in [0.15, 0.2) is 42.5 Å². The third kappa shape index (κ3) is 4.31. The van der Waals surface area contributed by atoms with E-state index in [2.05, 4.69) is 0 Å². The summed E-state index contributed by atoms with van der Waals surface area (Å²) >= 11 is 0. The maximum absolute atomic E-state index is 12.5. The third-order valence-electron chi connectivity index (χ3n) is 3.90. The van der Waals surface area contributed by atoms with Crippen molar-refractivity contribution in [2.24, 2.45) is 5.73 Å². The number of nitrogens with zero attached hydrogens (tertiary/aromatic N) is 1. The van der Waals surface area contributed by atoms with Crippen molar-refractivity contribution in [3.63, 3.8) is 0 Å². The number of hydroxylamine groups is 2. The van der Waals surface area contributed by atoms with Gasteiger partial charge in [-0.25, -0.2) is 5.06 Å². The number of nitrogens with two attached hydrogens (primary N) is 1. The van der Waals surface area contributed by atoms with Gasteiger partial charge in [0.15, 0.2) is 11.5 Å². The van der Waals surface area contributed by atoms with Gasteiger partial charge in [-0.05, 0) is 43.2 Å². The number of carbonyl (C=O) groups excluding carboxylic acids is 2. The lowest BCUT2D eigenvalue weighted by atomic mass is 10.0. The molecule has 138 valence electrons. The first kappa shape index (κ1) is 19.3. The van der Waals surface area contributed by atoms with Crippen LogP contribution < -0.4 is 10.5 Å². The molecule has 0 heterocycles. The second-order valence-corrected chi connectivity index (χ2v) is 5.91. The molecule has 2 aromatic rings. The number of phenols is 1. The van der Waals surface area contributed by atoms with E-state index in [1.54, 1.807) is 38.1 Å². The van der Waals surface area contributed by atoms with Crippen molar-refractivity contribution in [2.75, 3.05) is 0 Å². The van der Waals surface area contributed by atoms with Gasteiger partial charge in [0.05, 0.1) is 0 Å². The van der Waals surface area contributed by atoms with E-state index in [1.165, 1.54) is 12.1 Å². The first-order valence-electron chi connectivity index (χ1n) is 8.23. The van der Waals surface area contributed by atoms with E-state index in [4.69, 9.17) is 10.5 Å². The standard InChI is InChI=1S/C19H22N2O5/c1-3-7-15(18(20)23)21(25)19(24)14-11-16(22)17(10-12(14)2)26-13-8-5-4-6-9-13/h4-6,8-11,15,22,25H,3,7H2,1-2H3,(H2,20,23)/t15-/m0/s1. The fraction of sp³-hybridized carbons (Fsp3) is 0.263. The predicted molar refractivity (Wildman–Crippen MR) is 95.2 cm³/mol. The molecule has 26 heavy (non-hydrogen) atoms. The van der Waals surface area contributed by atoms with E-state index in [9.17, 15) is 19.9 Å². The molecule has 2 aromatic carbocycles. The summed E-state index contributed by atoms with van der Waals surface area (Å²) in [6.45, 7) is 3.44. The van der Waals surface area contributed by atoms with E-state index >= 15 is 0 Å². The van der Waals surface area contributed by atoms with Gasteiger partial charge >= 0.3 is 0 Å². The molecule has 2 rings (SSSR count). The summed E-state index contributed by atoms with van der Waals surface area (Å²) in [5.41, 5.74) is 5.77. The molecule has 0 aliphatic heterocycles. The van der Waals surface area contributed by atoms with Crippen LogP contribution in [0.1, 0.15) is 35.7 Å². The van der Waals surface area contributed by atoms with Gasteiger partial charge in [0.1, 0.15) is 11.8 Å². The normalized spacial score (nSPS) is 11.7. The molecule has 0 radical (unpaired) electrons. The Kier molecular flexibility index (Phi) is 6.19. The number of phenolic OH excluding ortho intramolecular Hbond substituents is 1. The van der Waals surface area contributed by atoms with Gasteiger partial charge in [-0.2, -0.15) is 0 Å². The van der Waals surface area contributed by atoms with Crippen molar-refractivity contribution < 1.29 is 24.6 Å². The number of hydrogen-bond acceptors (Lipinski definition) is 5. The van der Waals surface area contributed by atoms with E-state index in [-0.39, 0.29) is 23.5 Å². The smallest absolute Gasteiger partial charge is 0.278 e. The van der Waals surface area contributed by atoms with Gasteiger partial charge in [0, 0.05) is 5.56 Å². The van der Waals surface area contributed by atoms with Crippen LogP contribution in [0, 0.1) is 6.92 Å². The zero-order valence-electron chi connectivity index (χ0n) is 14.7. The molecule has 7 nitrogen and oxygen atoms in total. The SMILES string of the molecule is CCC[C@@H](C(N)=O)N(O)C(=O)c1cc(O)c(Oc2ccccc2)cc1C. The van der Waals surface area contributed by atoms with E-state index in [0.717, 1.165) is 0 Å². The molecule has 0 fully saturated rings. The molecule has 1 atom stereocenters. The summed E-state index contributed by atoms with van der Waals surface area (Å²) in [7, 11) is 0. The van der Waals surface area contributed by atoms with Crippen LogP contribution in [0.5, 0.6) is 17.2 Å². The third-order valence-corrected chi connectivity index (χ3v) is 3.90. The zero-order valence-corrected chi connectivity index (χ0v) is 14.7. The molecule has 0 aromatic heterocycles. The number of para-hydroxylation sites is 1. The summed E-state index contributed by atoms with van der Waals surface area (Å²) < 4.78 is 5.60. The highest BCUT2D eigenvalue weighted by molar-refractivity contribution is 5.98. The first-order valence-corrected chi connectivity index (χ1v) is 8.23. The number of carbonyl (C=O) groups is 2. The highest BCUT2D eigenvalue weighted by Crippen LogP contribution is 2.33. The number of aromatic hydroxyl groups is 1. The average molecular weight is 358 g/mol. The fourth-order valence-electron chi connectivity index (χ4n) is 2.52. The van der Waals surface area contributed by atoms with Crippen LogP contribution in [-0.2, 0) is 4.79 Å². The number of aryl methyl sites for hydroxylation is 1. The number of rotatable bonds is 7. The molecule has 0 saturated heterocycles. The summed E-state index contributed by atoms with van der Waals surface area (Å²) in [5, 5.41) is 20.6. The Hall–Kier alpha value is -3.06. The topological polar surface area (TPSA) is 113 Å².